The summed E-state index contributed by atoms with van der Waals surface area (Å²) in [5.74, 6) is -0.355. The molecule has 5 rings (SSSR count). The first-order chi connectivity index (χ1) is 20.8. The van der Waals surface area contributed by atoms with E-state index in [4.69, 9.17) is 0 Å². The van der Waals surface area contributed by atoms with Gasteiger partial charge in [0.1, 0.15) is 5.00 Å². The molecule has 2 aliphatic rings. The molecular weight excluding hydrogens is 581 g/mol. The molecule has 1 fully saturated rings. The van der Waals surface area contributed by atoms with Gasteiger partial charge < -0.3 is 10.2 Å². The minimum atomic E-state index is -3.64. The SMILES string of the molecule is CCCCN(CC)S(=O)(=O)c1ccc(C(=O)Nc2sc3c(c2C(=O)N2CCCCC2)CCN(Cc2ccccc2)C3)cc1. The van der Waals surface area contributed by atoms with E-state index in [2.05, 4.69) is 22.3 Å². The van der Waals surface area contributed by atoms with Gasteiger partial charge in [-0.3, -0.25) is 14.5 Å². The van der Waals surface area contributed by atoms with E-state index in [1.54, 1.807) is 12.1 Å². The molecular formula is C33H42N4O4S2. The van der Waals surface area contributed by atoms with Crippen LogP contribution in [0.4, 0.5) is 5.00 Å². The molecule has 1 N–H and O–H groups in total. The second-order valence-electron chi connectivity index (χ2n) is 11.3. The monoisotopic (exact) mass is 622 g/mol. The van der Waals surface area contributed by atoms with Gasteiger partial charge >= 0.3 is 0 Å². The maximum absolute atomic E-state index is 13.9. The van der Waals surface area contributed by atoms with E-state index >= 15 is 0 Å². The number of carbonyl (C=O) groups excluding carboxylic acids is 2. The summed E-state index contributed by atoms with van der Waals surface area (Å²) in [5, 5.41) is 3.63. The molecule has 0 saturated carbocycles. The fourth-order valence-corrected chi connectivity index (χ4v) is 8.65. The predicted octanol–water partition coefficient (Wildman–Crippen LogP) is 6.00. The summed E-state index contributed by atoms with van der Waals surface area (Å²) in [4.78, 5) is 32.9. The van der Waals surface area contributed by atoms with Crippen LogP contribution in [-0.2, 0) is 29.5 Å². The van der Waals surface area contributed by atoms with Crippen molar-refractivity contribution >= 4 is 38.2 Å². The Kier molecular flexibility index (Phi) is 10.3. The van der Waals surface area contributed by atoms with E-state index < -0.39 is 10.0 Å². The highest BCUT2D eigenvalue weighted by Crippen LogP contribution is 2.39. The molecule has 10 heteroatoms. The third-order valence-electron chi connectivity index (χ3n) is 8.34. The number of amides is 2. The summed E-state index contributed by atoms with van der Waals surface area (Å²) in [6, 6.07) is 16.5. The Bertz CT molecular complexity index is 1510. The van der Waals surface area contributed by atoms with Crippen molar-refractivity contribution in [2.45, 2.75) is 70.4 Å². The number of anilines is 1. The number of thiophene rings is 1. The van der Waals surface area contributed by atoms with E-state index in [0.29, 0.717) is 29.2 Å². The molecule has 1 aromatic heterocycles. The average Bonchev–Trinajstić information content (AvgIpc) is 3.38. The van der Waals surface area contributed by atoms with Crippen LogP contribution < -0.4 is 5.32 Å². The lowest BCUT2D eigenvalue weighted by atomic mass is 10.00. The number of piperidine rings is 1. The topological polar surface area (TPSA) is 90.0 Å². The van der Waals surface area contributed by atoms with Crippen molar-refractivity contribution in [1.29, 1.82) is 0 Å². The van der Waals surface area contributed by atoms with Crippen molar-refractivity contribution < 1.29 is 18.0 Å². The van der Waals surface area contributed by atoms with Crippen LogP contribution in [0, 0.1) is 0 Å². The first-order valence-electron chi connectivity index (χ1n) is 15.4. The van der Waals surface area contributed by atoms with E-state index in [9.17, 15) is 18.0 Å². The van der Waals surface area contributed by atoms with Crippen molar-refractivity contribution in [3.63, 3.8) is 0 Å². The number of likely N-dealkylation sites (tertiary alicyclic amines) is 1. The second kappa shape index (κ2) is 14.2. The van der Waals surface area contributed by atoms with Crippen LogP contribution in [0.3, 0.4) is 0 Å². The summed E-state index contributed by atoms with van der Waals surface area (Å²) < 4.78 is 27.8. The first kappa shape index (κ1) is 31.4. The van der Waals surface area contributed by atoms with E-state index in [-0.39, 0.29) is 16.7 Å². The number of carbonyl (C=O) groups is 2. The average molecular weight is 623 g/mol. The molecule has 0 bridgehead atoms. The summed E-state index contributed by atoms with van der Waals surface area (Å²) in [7, 11) is -3.64. The summed E-state index contributed by atoms with van der Waals surface area (Å²) in [5.41, 5.74) is 3.28. The maximum Gasteiger partial charge on any atom is 0.257 e. The van der Waals surface area contributed by atoms with Crippen LogP contribution in [0.15, 0.2) is 59.5 Å². The number of rotatable bonds is 11. The molecule has 2 aromatic carbocycles. The maximum atomic E-state index is 13.9. The number of hydrogen-bond acceptors (Lipinski definition) is 6. The predicted molar refractivity (Wildman–Crippen MR) is 172 cm³/mol. The normalized spacial score (nSPS) is 15.8. The molecule has 0 atom stereocenters. The minimum absolute atomic E-state index is 0.00260. The number of fused-ring (bicyclic) bond motifs is 1. The highest BCUT2D eigenvalue weighted by molar-refractivity contribution is 7.89. The van der Waals surface area contributed by atoms with Gasteiger partial charge in [-0.2, -0.15) is 4.31 Å². The van der Waals surface area contributed by atoms with Crippen molar-refractivity contribution in [3.8, 4) is 0 Å². The van der Waals surface area contributed by atoms with E-state index in [0.717, 1.165) is 81.7 Å². The Morgan fingerprint density at radius 2 is 1.67 bits per heavy atom. The molecule has 43 heavy (non-hydrogen) atoms. The van der Waals surface area contributed by atoms with Gasteiger partial charge in [-0.1, -0.05) is 50.6 Å². The Labute approximate surface area is 259 Å². The fraction of sp³-hybridized carbons (Fsp3) is 0.455. The Morgan fingerprint density at radius 1 is 0.953 bits per heavy atom. The van der Waals surface area contributed by atoms with Crippen LogP contribution in [0.5, 0.6) is 0 Å². The second-order valence-corrected chi connectivity index (χ2v) is 14.4. The van der Waals surface area contributed by atoms with Crippen molar-refractivity contribution in [1.82, 2.24) is 14.1 Å². The molecule has 0 unspecified atom stereocenters. The number of sulfonamides is 1. The summed E-state index contributed by atoms with van der Waals surface area (Å²) in [6.07, 6.45) is 5.57. The zero-order chi connectivity index (χ0) is 30.4. The summed E-state index contributed by atoms with van der Waals surface area (Å²) >= 11 is 1.49. The van der Waals surface area contributed by atoms with Crippen LogP contribution in [-0.4, -0.2) is 67.1 Å². The van der Waals surface area contributed by atoms with Crippen LogP contribution in [0.1, 0.15) is 82.7 Å². The fourth-order valence-electron chi connectivity index (χ4n) is 5.89. The van der Waals surface area contributed by atoms with Crippen LogP contribution >= 0.6 is 11.3 Å². The molecule has 230 valence electrons. The molecule has 0 radical (unpaired) electrons. The molecule has 2 amide bonds. The van der Waals surface area contributed by atoms with Crippen molar-refractivity contribution in [2.75, 3.05) is 38.0 Å². The number of unbranched alkanes of at least 4 members (excludes halogenated alkanes) is 1. The molecule has 8 nitrogen and oxygen atoms in total. The van der Waals surface area contributed by atoms with Gasteiger partial charge in [-0.05, 0) is 67.5 Å². The third kappa shape index (κ3) is 7.20. The largest absolute Gasteiger partial charge is 0.339 e. The zero-order valence-corrected chi connectivity index (χ0v) is 26.8. The highest BCUT2D eigenvalue weighted by atomic mass is 32.2. The van der Waals surface area contributed by atoms with Gasteiger partial charge in [0.25, 0.3) is 11.8 Å². The Balaban J connectivity index is 1.38. The van der Waals surface area contributed by atoms with Gasteiger partial charge in [0.05, 0.1) is 10.5 Å². The van der Waals surface area contributed by atoms with Crippen molar-refractivity contribution in [3.05, 3.63) is 81.7 Å². The quantitative estimate of drug-likeness (QED) is 0.284. The lowest BCUT2D eigenvalue weighted by Gasteiger charge is -2.29. The Morgan fingerprint density at radius 3 is 2.35 bits per heavy atom. The number of benzene rings is 2. The molecule has 3 heterocycles. The number of nitrogens with one attached hydrogen (secondary N) is 1. The van der Waals surface area contributed by atoms with E-state index in [1.807, 2.05) is 36.9 Å². The number of nitrogens with zero attached hydrogens (tertiary/aromatic N) is 3. The molecule has 1 saturated heterocycles. The standard InChI is InChI=1S/C33H42N4O4S2/c1-3-5-21-37(4-2)43(40,41)27-16-14-26(15-17-27)31(38)34-32-30(33(39)36-19-10-7-11-20-36)28-18-22-35(24-29(28)42-32)23-25-12-8-6-9-13-25/h6,8-9,12-17H,3-5,7,10-11,18-24H2,1-2H3,(H,34,38). The van der Waals surface area contributed by atoms with Gasteiger partial charge in [0.15, 0.2) is 0 Å². The molecule has 3 aromatic rings. The third-order valence-corrected chi connectivity index (χ3v) is 11.5. The van der Waals surface area contributed by atoms with Gasteiger partial charge in [0.2, 0.25) is 10.0 Å². The molecule has 0 spiro atoms. The molecule has 2 aliphatic heterocycles. The Hall–Kier alpha value is -3.05. The zero-order valence-electron chi connectivity index (χ0n) is 25.2. The van der Waals surface area contributed by atoms with Gasteiger partial charge in [0, 0.05) is 56.3 Å². The highest BCUT2D eigenvalue weighted by Gasteiger charge is 2.32. The van der Waals surface area contributed by atoms with Crippen molar-refractivity contribution in [2.24, 2.45) is 0 Å². The first-order valence-corrected chi connectivity index (χ1v) is 17.7. The van der Waals surface area contributed by atoms with Crippen LogP contribution in [0.25, 0.3) is 0 Å². The molecule has 0 aliphatic carbocycles. The van der Waals surface area contributed by atoms with E-state index in [1.165, 1.54) is 33.3 Å². The smallest absolute Gasteiger partial charge is 0.257 e. The van der Waals surface area contributed by atoms with Gasteiger partial charge in [-0.15, -0.1) is 11.3 Å². The number of hydrogen-bond donors (Lipinski definition) is 1. The lowest BCUT2D eigenvalue weighted by Crippen LogP contribution is -2.37. The minimum Gasteiger partial charge on any atom is -0.339 e. The van der Waals surface area contributed by atoms with Gasteiger partial charge in [-0.25, -0.2) is 8.42 Å². The van der Waals surface area contributed by atoms with Crippen LogP contribution in [0.2, 0.25) is 0 Å². The lowest BCUT2D eigenvalue weighted by molar-refractivity contribution is 0.0724. The summed E-state index contributed by atoms with van der Waals surface area (Å²) in [6.45, 7) is 8.60.